The van der Waals surface area contributed by atoms with E-state index < -0.39 is 24.1 Å². The molecule has 2 aromatic carbocycles. The maximum atomic E-state index is 13.1. The Kier molecular flexibility index (Phi) is 6.08. The van der Waals surface area contributed by atoms with Crippen molar-refractivity contribution in [1.82, 2.24) is 0 Å². The van der Waals surface area contributed by atoms with Crippen LogP contribution in [0.5, 0.6) is 5.75 Å². The van der Waals surface area contributed by atoms with E-state index in [1.165, 1.54) is 6.07 Å². The highest BCUT2D eigenvalue weighted by atomic mass is 19.2. The third-order valence-corrected chi connectivity index (χ3v) is 3.09. The van der Waals surface area contributed by atoms with E-state index in [2.05, 4.69) is 10.6 Å². The van der Waals surface area contributed by atoms with Crippen LogP contribution in [0.15, 0.2) is 42.5 Å². The first-order chi connectivity index (χ1) is 11.5. The number of amides is 1. The molecule has 0 aromatic heterocycles. The molecule has 0 bridgehead atoms. The Balaban J connectivity index is 1.89. The minimum atomic E-state index is -0.958. The molecule has 0 saturated heterocycles. The molecule has 0 aliphatic rings. The largest absolute Gasteiger partial charge is 0.491 e. The fraction of sp³-hybridized carbons (Fsp3) is 0.235. The maximum Gasteiger partial charge on any atom is 0.250 e. The lowest BCUT2D eigenvalue weighted by atomic mass is 10.2. The molecule has 0 heterocycles. The Morgan fingerprint density at radius 2 is 1.92 bits per heavy atom. The molecular weight excluding hydrogens is 318 g/mol. The van der Waals surface area contributed by atoms with Crippen molar-refractivity contribution < 1.29 is 23.4 Å². The van der Waals surface area contributed by atoms with Crippen molar-refractivity contribution in [2.24, 2.45) is 0 Å². The number of hydrogen-bond donors (Lipinski definition) is 3. The van der Waals surface area contributed by atoms with Gasteiger partial charge in [-0.05, 0) is 37.3 Å². The number of nitrogens with one attached hydrogen (secondary N) is 2. The molecule has 5 nitrogen and oxygen atoms in total. The van der Waals surface area contributed by atoms with Gasteiger partial charge in [-0.1, -0.05) is 6.07 Å². The number of anilines is 2. The molecule has 128 valence electrons. The highest BCUT2D eigenvalue weighted by Gasteiger charge is 2.07. The highest BCUT2D eigenvalue weighted by molar-refractivity contribution is 5.91. The van der Waals surface area contributed by atoms with Crippen LogP contribution >= 0.6 is 0 Å². The fourth-order valence-corrected chi connectivity index (χ4v) is 2.00. The summed E-state index contributed by atoms with van der Waals surface area (Å²) in [6, 6.07) is 10.2. The average Bonchev–Trinajstić information content (AvgIpc) is 2.56. The monoisotopic (exact) mass is 336 g/mol. The number of ether oxygens (including phenoxy) is 1. The standard InChI is InChI=1S/C17H18F2N2O3/c1-11(10-24-14-5-6-15(18)16(19)8-14)20-12-3-2-4-13(7-12)21-17(23)9-22/h2-8,11,20,22H,9-10H2,1H3,(H,21,23). The second kappa shape index (κ2) is 8.26. The molecule has 3 N–H and O–H groups in total. The molecule has 0 radical (unpaired) electrons. The SMILES string of the molecule is CC(COc1ccc(F)c(F)c1)Nc1cccc(NC(=O)CO)c1. The van der Waals surface area contributed by atoms with Gasteiger partial charge < -0.3 is 20.5 Å². The predicted molar refractivity (Wildman–Crippen MR) is 87.1 cm³/mol. The van der Waals surface area contributed by atoms with Crippen molar-refractivity contribution in [1.29, 1.82) is 0 Å². The Labute approximate surface area is 138 Å². The topological polar surface area (TPSA) is 70.6 Å². The van der Waals surface area contributed by atoms with Crippen LogP contribution in [-0.4, -0.2) is 30.3 Å². The third kappa shape index (κ3) is 5.20. The van der Waals surface area contributed by atoms with E-state index in [1.54, 1.807) is 18.2 Å². The minimum absolute atomic E-state index is 0.123. The summed E-state index contributed by atoms with van der Waals surface area (Å²) in [5, 5.41) is 14.4. The van der Waals surface area contributed by atoms with Gasteiger partial charge >= 0.3 is 0 Å². The summed E-state index contributed by atoms with van der Waals surface area (Å²) in [5.41, 5.74) is 1.29. The molecule has 7 heteroatoms. The Morgan fingerprint density at radius 3 is 2.62 bits per heavy atom. The smallest absolute Gasteiger partial charge is 0.250 e. The first-order valence-corrected chi connectivity index (χ1v) is 7.33. The van der Waals surface area contributed by atoms with Gasteiger partial charge in [0.05, 0.1) is 6.04 Å². The van der Waals surface area contributed by atoms with Gasteiger partial charge in [0.25, 0.3) is 0 Å². The van der Waals surface area contributed by atoms with Gasteiger partial charge in [-0.3, -0.25) is 4.79 Å². The van der Waals surface area contributed by atoms with Crippen LogP contribution < -0.4 is 15.4 Å². The zero-order chi connectivity index (χ0) is 17.5. The van der Waals surface area contributed by atoms with Gasteiger partial charge in [-0.2, -0.15) is 0 Å². The summed E-state index contributed by atoms with van der Waals surface area (Å²) >= 11 is 0. The summed E-state index contributed by atoms with van der Waals surface area (Å²) in [7, 11) is 0. The molecule has 0 saturated carbocycles. The van der Waals surface area contributed by atoms with Gasteiger partial charge in [0.15, 0.2) is 11.6 Å². The van der Waals surface area contributed by atoms with E-state index in [4.69, 9.17) is 9.84 Å². The van der Waals surface area contributed by atoms with Crippen LogP contribution in [0.4, 0.5) is 20.2 Å². The third-order valence-electron chi connectivity index (χ3n) is 3.09. The van der Waals surface area contributed by atoms with Gasteiger partial charge in [-0.15, -0.1) is 0 Å². The van der Waals surface area contributed by atoms with Crippen molar-refractivity contribution in [2.45, 2.75) is 13.0 Å². The lowest BCUT2D eigenvalue weighted by molar-refractivity contribution is -0.118. The van der Waals surface area contributed by atoms with Crippen molar-refractivity contribution in [2.75, 3.05) is 23.8 Å². The van der Waals surface area contributed by atoms with E-state index in [0.29, 0.717) is 5.69 Å². The van der Waals surface area contributed by atoms with E-state index in [9.17, 15) is 13.6 Å². The molecule has 0 aliphatic carbocycles. The molecule has 0 aliphatic heterocycles. The Hall–Kier alpha value is -2.67. The first-order valence-electron chi connectivity index (χ1n) is 7.33. The van der Waals surface area contributed by atoms with E-state index >= 15 is 0 Å². The van der Waals surface area contributed by atoms with Crippen LogP contribution in [0.25, 0.3) is 0 Å². The molecule has 2 aromatic rings. The molecule has 0 spiro atoms. The predicted octanol–water partition coefficient (Wildman–Crippen LogP) is 2.78. The maximum absolute atomic E-state index is 13.1. The fourth-order valence-electron chi connectivity index (χ4n) is 2.00. The number of aliphatic hydroxyl groups excluding tert-OH is 1. The zero-order valence-corrected chi connectivity index (χ0v) is 13.1. The Morgan fingerprint density at radius 1 is 1.17 bits per heavy atom. The lowest BCUT2D eigenvalue weighted by Crippen LogP contribution is -2.23. The van der Waals surface area contributed by atoms with Crippen molar-refractivity contribution in [3.05, 3.63) is 54.1 Å². The van der Waals surface area contributed by atoms with Crippen LogP contribution in [0, 0.1) is 11.6 Å². The summed E-state index contributed by atoms with van der Waals surface area (Å²) in [4.78, 5) is 11.2. The molecule has 0 fully saturated rings. The van der Waals surface area contributed by atoms with Gasteiger partial charge in [0.1, 0.15) is 19.0 Å². The molecule has 1 unspecified atom stereocenters. The van der Waals surface area contributed by atoms with Gasteiger partial charge in [-0.25, -0.2) is 8.78 Å². The lowest BCUT2D eigenvalue weighted by Gasteiger charge is -2.17. The quantitative estimate of drug-likeness (QED) is 0.727. The van der Waals surface area contributed by atoms with Gasteiger partial charge in [0.2, 0.25) is 5.91 Å². The summed E-state index contributed by atoms with van der Waals surface area (Å²) in [6.45, 7) is 1.51. The van der Waals surface area contributed by atoms with Crippen LogP contribution in [0.1, 0.15) is 6.92 Å². The second-order valence-electron chi connectivity index (χ2n) is 5.22. The van der Waals surface area contributed by atoms with Crippen molar-refractivity contribution in [3.63, 3.8) is 0 Å². The second-order valence-corrected chi connectivity index (χ2v) is 5.22. The van der Waals surface area contributed by atoms with Crippen molar-refractivity contribution in [3.8, 4) is 5.75 Å². The molecule has 2 rings (SSSR count). The summed E-state index contributed by atoms with van der Waals surface area (Å²) in [6.07, 6.45) is 0. The Bertz CT molecular complexity index is 710. The molecule has 1 amide bonds. The molecular formula is C17H18F2N2O3. The molecule has 24 heavy (non-hydrogen) atoms. The number of aliphatic hydroxyl groups is 1. The van der Waals surface area contributed by atoms with Gasteiger partial charge in [0, 0.05) is 17.4 Å². The first kappa shape index (κ1) is 17.7. The average molecular weight is 336 g/mol. The number of hydrogen-bond acceptors (Lipinski definition) is 4. The molecule has 1 atom stereocenters. The summed E-state index contributed by atoms with van der Waals surface area (Å²) < 4.78 is 31.4. The zero-order valence-electron chi connectivity index (χ0n) is 13.1. The van der Waals surface area contributed by atoms with Crippen molar-refractivity contribution >= 4 is 17.3 Å². The highest BCUT2D eigenvalue weighted by Crippen LogP contribution is 2.18. The van der Waals surface area contributed by atoms with Crippen LogP contribution in [0.3, 0.4) is 0 Å². The van der Waals surface area contributed by atoms with Crippen LogP contribution in [0.2, 0.25) is 0 Å². The van der Waals surface area contributed by atoms with Crippen LogP contribution in [-0.2, 0) is 4.79 Å². The number of halogens is 2. The number of carbonyl (C=O) groups is 1. The normalized spacial score (nSPS) is 11.7. The minimum Gasteiger partial charge on any atom is -0.491 e. The number of benzene rings is 2. The summed E-state index contributed by atoms with van der Waals surface area (Å²) in [5.74, 6) is -2.14. The van der Waals surface area contributed by atoms with E-state index in [0.717, 1.165) is 17.8 Å². The number of carbonyl (C=O) groups excluding carboxylic acids is 1. The van der Waals surface area contributed by atoms with E-state index in [-0.39, 0.29) is 18.4 Å². The van der Waals surface area contributed by atoms with E-state index in [1.807, 2.05) is 13.0 Å². The number of rotatable bonds is 7.